The van der Waals surface area contributed by atoms with Gasteiger partial charge in [-0.3, -0.25) is 4.79 Å². The van der Waals surface area contributed by atoms with Gasteiger partial charge in [0.15, 0.2) is 5.78 Å². The maximum absolute atomic E-state index is 13.2. The molecule has 0 aliphatic carbocycles. The Bertz CT molecular complexity index is 992. The lowest BCUT2D eigenvalue weighted by molar-refractivity contribution is -0.158. The van der Waals surface area contributed by atoms with E-state index in [1.807, 2.05) is 13.0 Å². The first-order chi connectivity index (χ1) is 13.4. The number of rotatable bonds is 4. The fourth-order valence-corrected chi connectivity index (χ4v) is 3.75. The molecule has 2 aromatic rings. The summed E-state index contributed by atoms with van der Waals surface area (Å²) in [4.78, 5) is 21.4. The number of Topliss-reactive ketones (excluding diaryl/α,β-unsaturated/α-hetero) is 1. The molecular formula is C22H25ClN2O4. The molecule has 0 saturated heterocycles. The van der Waals surface area contributed by atoms with Crippen molar-refractivity contribution in [1.82, 2.24) is 9.97 Å². The van der Waals surface area contributed by atoms with Crippen molar-refractivity contribution in [1.29, 1.82) is 0 Å². The molecule has 29 heavy (non-hydrogen) atoms. The quantitative estimate of drug-likeness (QED) is 0.688. The number of ketones is 1. The second-order valence-corrected chi connectivity index (χ2v) is 8.41. The summed E-state index contributed by atoms with van der Waals surface area (Å²) in [5.74, 6) is 0.898. The van der Waals surface area contributed by atoms with Gasteiger partial charge in [0.1, 0.15) is 33.7 Å². The molecule has 0 saturated carbocycles. The van der Waals surface area contributed by atoms with Crippen molar-refractivity contribution in [2.75, 3.05) is 0 Å². The SMILES string of the molecule is CCc1ccc(Oc2cc(Cl)nc(C)n2)cc1C1=C(O)C(C)(C)OC(C)(C)C1=O. The van der Waals surface area contributed by atoms with Gasteiger partial charge in [-0.05, 0) is 64.3 Å². The molecule has 1 aliphatic heterocycles. The topological polar surface area (TPSA) is 81.5 Å². The number of aryl methyl sites for hydroxylation is 2. The van der Waals surface area contributed by atoms with Crippen LogP contribution in [0.25, 0.3) is 5.57 Å². The van der Waals surface area contributed by atoms with Crippen LogP contribution in [-0.4, -0.2) is 32.1 Å². The Morgan fingerprint density at radius 3 is 2.45 bits per heavy atom. The number of halogens is 1. The number of benzene rings is 1. The summed E-state index contributed by atoms with van der Waals surface area (Å²) in [6, 6.07) is 6.93. The van der Waals surface area contributed by atoms with E-state index in [4.69, 9.17) is 21.1 Å². The van der Waals surface area contributed by atoms with Crippen molar-refractivity contribution in [3.63, 3.8) is 0 Å². The second-order valence-electron chi connectivity index (χ2n) is 8.03. The van der Waals surface area contributed by atoms with Crippen LogP contribution in [-0.2, 0) is 16.0 Å². The first kappa shape index (κ1) is 21.3. The first-order valence-corrected chi connectivity index (χ1v) is 9.83. The molecular weight excluding hydrogens is 392 g/mol. The summed E-state index contributed by atoms with van der Waals surface area (Å²) in [6.45, 7) is 10.6. The Kier molecular flexibility index (Phi) is 5.45. The van der Waals surface area contributed by atoms with Gasteiger partial charge in [0.2, 0.25) is 5.88 Å². The van der Waals surface area contributed by atoms with Crippen molar-refractivity contribution in [2.24, 2.45) is 0 Å². The van der Waals surface area contributed by atoms with E-state index in [2.05, 4.69) is 9.97 Å². The van der Waals surface area contributed by atoms with Crippen LogP contribution in [0.2, 0.25) is 5.15 Å². The molecule has 0 fully saturated rings. The van der Waals surface area contributed by atoms with Gasteiger partial charge in [0, 0.05) is 6.07 Å². The van der Waals surface area contributed by atoms with Crippen LogP contribution in [0.1, 0.15) is 51.6 Å². The molecule has 1 aromatic carbocycles. The van der Waals surface area contributed by atoms with E-state index < -0.39 is 11.2 Å². The average Bonchev–Trinajstić information content (AvgIpc) is 2.59. The highest BCUT2D eigenvalue weighted by Crippen LogP contribution is 2.41. The van der Waals surface area contributed by atoms with Gasteiger partial charge >= 0.3 is 0 Å². The number of carbonyl (C=O) groups excluding carboxylic acids is 1. The van der Waals surface area contributed by atoms with Crippen molar-refractivity contribution in [3.05, 3.63) is 52.1 Å². The van der Waals surface area contributed by atoms with Crippen LogP contribution >= 0.6 is 11.6 Å². The fraction of sp³-hybridized carbons (Fsp3) is 0.409. The molecule has 1 aromatic heterocycles. The molecule has 7 heteroatoms. The zero-order chi connectivity index (χ0) is 21.6. The van der Waals surface area contributed by atoms with Crippen molar-refractivity contribution in [3.8, 4) is 11.6 Å². The number of nitrogens with zero attached hydrogens (tertiary/aromatic N) is 2. The Hall–Kier alpha value is -2.44. The van der Waals surface area contributed by atoms with E-state index in [0.29, 0.717) is 29.4 Å². The third kappa shape index (κ3) is 4.14. The van der Waals surface area contributed by atoms with E-state index in [0.717, 1.165) is 5.56 Å². The third-order valence-corrected chi connectivity index (χ3v) is 5.02. The summed E-state index contributed by atoms with van der Waals surface area (Å²) in [7, 11) is 0. The van der Waals surface area contributed by atoms with Crippen LogP contribution in [0.15, 0.2) is 30.0 Å². The molecule has 0 atom stereocenters. The number of hydrogen-bond acceptors (Lipinski definition) is 6. The number of aromatic nitrogens is 2. The van der Waals surface area contributed by atoms with E-state index in [1.165, 1.54) is 6.07 Å². The summed E-state index contributed by atoms with van der Waals surface area (Å²) >= 11 is 5.99. The zero-order valence-corrected chi connectivity index (χ0v) is 18.2. The van der Waals surface area contributed by atoms with Gasteiger partial charge in [-0.25, -0.2) is 4.98 Å². The standard InChI is InChI=1S/C22H25ClN2O4/c1-7-13-8-9-14(28-17-11-16(23)24-12(2)25-17)10-15(13)18-19(26)21(3,4)29-22(5,6)20(18)27/h8-11,26H,7H2,1-6H3. The summed E-state index contributed by atoms with van der Waals surface area (Å²) in [5, 5.41) is 11.2. The predicted molar refractivity (Wildman–Crippen MR) is 111 cm³/mol. The van der Waals surface area contributed by atoms with Gasteiger partial charge in [-0.1, -0.05) is 24.6 Å². The maximum Gasteiger partial charge on any atom is 0.224 e. The lowest BCUT2D eigenvalue weighted by Crippen LogP contribution is -2.49. The number of carbonyl (C=O) groups is 1. The highest BCUT2D eigenvalue weighted by Gasteiger charge is 2.47. The molecule has 6 nitrogen and oxygen atoms in total. The van der Waals surface area contributed by atoms with Gasteiger partial charge in [-0.2, -0.15) is 4.98 Å². The summed E-state index contributed by atoms with van der Waals surface area (Å²) in [5.41, 5.74) is -0.271. The number of ether oxygens (including phenoxy) is 2. The predicted octanol–water partition coefficient (Wildman–Crippen LogP) is 5.22. The second kappa shape index (κ2) is 7.43. The third-order valence-electron chi connectivity index (χ3n) is 4.83. The van der Waals surface area contributed by atoms with Crippen LogP contribution in [0, 0.1) is 6.92 Å². The molecule has 0 amide bonds. The van der Waals surface area contributed by atoms with Crippen LogP contribution < -0.4 is 4.74 Å². The minimum atomic E-state index is -1.07. The highest BCUT2D eigenvalue weighted by molar-refractivity contribution is 6.29. The maximum atomic E-state index is 13.2. The lowest BCUT2D eigenvalue weighted by atomic mass is 9.81. The van der Waals surface area contributed by atoms with Crippen molar-refractivity contribution < 1.29 is 19.4 Å². The molecule has 154 valence electrons. The van der Waals surface area contributed by atoms with Crippen LogP contribution in [0.5, 0.6) is 11.6 Å². The smallest absolute Gasteiger partial charge is 0.224 e. The van der Waals surface area contributed by atoms with E-state index in [9.17, 15) is 9.90 Å². The van der Waals surface area contributed by atoms with E-state index in [-0.39, 0.29) is 22.3 Å². The minimum Gasteiger partial charge on any atom is -0.508 e. The molecule has 2 heterocycles. The van der Waals surface area contributed by atoms with E-state index in [1.54, 1.807) is 46.8 Å². The van der Waals surface area contributed by atoms with Gasteiger partial charge in [0.05, 0.1) is 5.57 Å². The van der Waals surface area contributed by atoms with Gasteiger partial charge in [-0.15, -0.1) is 0 Å². The lowest BCUT2D eigenvalue weighted by Gasteiger charge is -2.40. The molecule has 3 rings (SSSR count). The average molecular weight is 417 g/mol. The van der Waals surface area contributed by atoms with Gasteiger partial charge in [0.25, 0.3) is 0 Å². The minimum absolute atomic E-state index is 0.0883. The largest absolute Gasteiger partial charge is 0.508 e. The Morgan fingerprint density at radius 2 is 1.83 bits per heavy atom. The normalized spacial score (nSPS) is 18.1. The van der Waals surface area contributed by atoms with Crippen LogP contribution in [0.3, 0.4) is 0 Å². The van der Waals surface area contributed by atoms with Crippen molar-refractivity contribution in [2.45, 2.75) is 59.2 Å². The Labute approximate surface area is 175 Å². The van der Waals surface area contributed by atoms with Gasteiger partial charge < -0.3 is 14.6 Å². The van der Waals surface area contributed by atoms with Crippen LogP contribution in [0.4, 0.5) is 0 Å². The Morgan fingerprint density at radius 1 is 1.14 bits per heavy atom. The van der Waals surface area contributed by atoms with Crippen molar-refractivity contribution >= 4 is 23.0 Å². The number of aliphatic hydroxyl groups excluding tert-OH is 1. The summed E-state index contributed by atoms with van der Waals surface area (Å²) in [6.07, 6.45) is 0.680. The molecule has 1 aliphatic rings. The van der Waals surface area contributed by atoms with E-state index >= 15 is 0 Å². The monoisotopic (exact) mass is 416 g/mol. The zero-order valence-electron chi connectivity index (χ0n) is 17.5. The molecule has 0 radical (unpaired) electrons. The molecule has 0 spiro atoms. The molecule has 0 unspecified atom stereocenters. The summed E-state index contributed by atoms with van der Waals surface area (Å²) < 4.78 is 11.7. The first-order valence-electron chi connectivity index (χ1n) is 9.45. The Balaban J connectivity index is 2.13. The highest BCUT2D eigenvalue weighted by atomic mass is 35.5. The molecule has 0 bridgehead atoms. The fourth-order valence-electron chi connectivity index (χ4n) is 3.53. The number of aliphatic hydroxyl groups is 1. The number of hydrogen-bond donors (Lipinski definition) is 1. The molecule has 1 N–H and O–H groups in total.